The lowest BCUT2D eigenvalue weighted by Gasteiger charge is -2.29. The van der Waals surface area contributed by atoms with E-state index in [1.54, 1.807) is 0 Å². The minimum atomic E-state index is -3.70. The monoisotopic (exact) mass is 520 g/mol. The molecule has 10 nitrogen and oxygen atoms in total. The molecule has 0 amide bonds. The summed E-state index contributed by atoms with van der Waals surface area (Å²) in [6, 6.07) is 0. The second kappa shape index (κ2) is 17.1. The fraction of sp³-hybridized carbons (Fsp3) is 1.00. The van der Waals surface area contributed by atoms with E-state index in [-0.39, 0.29) is 25.7 Å². The van der Waals surface area contributed by atoms with Crippen LogP contribution in [0.5, 0.6) is 0 Å². The van der Waals surface area contributed by atoms with Crippen molar-refractivity contribution >= 4 is 20.2 Å². The highest BCUT2D eigenvalue weighted by Crippen LogP contribution is 2.30. The first-order valence-corrected chi connectivity index (χ1v) is 15.4. The predicted octanol–water partition coefficient (Wildman–Crippen LogP) is 4.85. The molecule has 0 aromatic carbocycles. The molecular weight excluding hydrogens is 476 g/mol. The topological polar surface area (TPSA) is 146 Å². The predicted molar refractivity (Wildman–Crippen MR) is 126 cm³/mol. The summed E-state index contributed by atoms with van der Waals surface area (Å²) in [4.78, 5) is 8.90. The van der Waals surface area contributed by atoms with Crippen LogP contribution in [-0.4, -0.2) is 57.9 Å². The summed E-state index contributed by atoms with van der Waals surface area (Å²) in [6.07, 6.45) is 9.20. The van der Waals surface area contributed by atoms with Gasteiger partial charge in [-0.05, 0) is 25.7 Å². The van der Waals surface area contributed by atoms with Gasteiger partial charge in [0.2, 0.25) is 5.79 Å². The van der Waals surface area contributed by atoms with Gasteiger partial charge in [-0.15, -0.1) is 0 Å². The molecule has 0 aliphatic heterocycles. The van der Waals surface area contributed by atoms with Crippen LogP contribution < -0.4 is 0 Å². The van der Waals surface area contributed by atoms with Crippen molar-refractivity contribution in [3.05, 3.63) is 0 Å². The molecule has 0 saturated carbocycles. The summed E-state index contributed by atoms with van der Waals surface area (Å²) in [5.41, 5.74) is 0. The maximum atomic E-state index is 11.6. The second-order valence-corrected chi connectivity index (χ2v) is 11.9. The zero-order chi connectivity index (χ0) is 25.4. The van der Waals surface area contributed by atoms with E-state index in [4.69, 9.17) is 8.37 Å². The summed E-state index contributed by atoms with van der Waals surface area (Å²) < 4.78 is 56.9. The van der Waals surface area contributed by atoms with Crippen LogP contribution in [0.2, 0.25) is 0 Å². The molecule has 0 rings (SSSR count). The van der Waals surface area contributed by atoms with E-state index in [0.29, 0.717) is 12.8 Å². The van der Waals surface area contributed by atoms with Crippen molar-refractivity contribution in [3.63, 3.8) is 0 Å². The van der Waals surface area contributed by atoms with E-state index >= 15 is 0 Å². The normalized spacial score (nSPS) is 15.0. The van der Waals surface area contributed by atoms with Crippen molar-refractivity contribution in [1.82, 2.24) is 0 Å². The molecule has 2 N–H and O–H groups in total. The first-order valence-electron chi connectivity index (χ1n) is 11.8. The van der Waals surface area contributed by atoms with E-state index < -0.39 is 38.2 Å². The van der Waals surface area contributed by atoms with E-state index in [9.17, 15) is 27.4 Å². The molecular formula is C21H44O10S2. The van der Waals surface area contributed by atoms with Gasteiger partial charge >= 0.3 is 0 Å². The molecule has 33 heavy (non-hydrogen) atoms. The third-order valence-corrected chi connectivity index (χ3v) is 6.65. The molecule has 0 aliphatic rings. The fourth-order valence-electron chi connectivity index (χ4n) is 3.66. The lowest BCUT2D eigenvalue weighted by atomic mass is 9.96. The molecule has 0 saturated heterocycles. The van der Waals surface area contributed by atoms with Gasteiger partial charge in [0.05, 0.1) is 24.7 Å². The van der Waals surface area contributed by atoms with Gasteiger partial charge in [-0.2, -0.15) is 16.8 Å². The zero-order valence-corrected chi connectivity index (χ0v) is 22.2. The maximum absolute atomic E-state index is 11.6. The number of hydrogen-bond donors (Lipinski definition) is 2. The lowest BCUT2D eigenvalue weighted by Crippen LogP contribution is -2.37. The molecule has 0 aliphatic carbocycles. The van der Waals surface area contributed by atoms with Gasteiger partial charge in [-0.3, -0.25) is 8.37 Å². The van der Waals surface area contributed by atoms with Crippen molar-refractivity contribution in [2.24, 2.45) is 0 Å². The summed E-state index contributed by atoms with van der Waals surface area (Å²) in [5.74, 6) is -1.86. The third kappa shape index (κ3) is 17.7. The second-order valence-electron chi connectivity index (χ2n) is 8.71. The third-order valence-electron chi connectivity index (χ3n) is 5.41. The van der Waals surface area contributed by atoms with Crippen LogP contribution in [0.3, 0.4) is 0 Å². The Labute approximate surface area is 200 Å². The van der Waals surface area contributed by atoms with Crippen molar-refractivity contribution in [3.8, 4) is 0 Å². The molecule has 200 valence electrons. The molecule has 0 heterocycles. The highest BCUT2D eigenvalue weighted by Gasteiger charge is 2.36. The summed E-state index contributed by atoms with van der Waals surface area (Å²) in [7, 11) is -7.40. The van der Waals surface area contributed by atoms with Gasteiger partial charge in [0.1, 0.15) is 0 Å². The van der Waals surface area contributed by atoms with E-state index in [0.717, 1.165) is 63.9 Å². The summed E-state index contributed by atoms with van der Waals surface area (Å²) in [5, 5.41) is 18.9. The molecule has 0 bridgehead atoms. The zero-order valence-electron chi connectivity index (χ0n) is 20.5. The molecule has 12 heteroatoms. The van der Waals surface area contributed by atoms with Crippen LogP contribution in [-0.2, 0) is 38.4 Å². The van der Waals surface area contributed by atoms with Gasteiger partial charge in [-0.25, -0.2) is 20.3 Å². The Bertz CT molecular complexity index is 634. The SMILES string of the molecule is CCCCCCC(CCC(CCC(CCCCCC)OS(C)(=O)=O)(OO)OO)OS(C)(=O)=O. The van der Waals surface area contributed by atoms with E-state index in [1.165, 1.54) is 0 Å². The summed E-state index contributed by atoms with van der Waals surface area (Å²) >= 11 is 0. The minimum absolute atomic E-state index is 0.0740. The Balaban J connectivity index is 5.12. The van der Waals surface area contributed by atoms with Gasteiger partial charge < -0.3 is 0 Å². The Morgan fingerprint density at radius 2 is 1.00 bits per heavy atom. The fourth-order valence-corrected chi connectivity index (χ4v) is 5.03. The molecule has 0 aromatic rings. The summed E-state index contributed by atoms with van der Waals surface area (Å²) in [6.45, 7) is 4.14. The highest BCUT2D eigenvalue weighted by molar-refractivity contribution is 7.86. The Morgan fingerprint density at radius 1 is 0.636 bits per heavy atom. The van der Waals surface area contributed by atoms with Crippen LogP contribution >= 0.6 is 0 Å². The average Bonchev–Trinajstić information content (AvgIpc) is 2.72. The largest absolute Gasteiger partial charge is 0.267 e. The van der Waals surface area contributed by atoms with Crippen LogP contribution in [0, 0.1) is 0 Å². The number of hydrogen-bond acceptors (Lipinski definition) is 10. The van der Waals surface area contributed by atoms with E-state index in [2.05, 4.69) is 23.6 Å². The highest BCUT2D eigenvalue weighted by atomic mass is 32.2. The molecule has 0 aromatic heterocycles. The van der Waals surface area contributed by atoms with Gasteiger partial charge in [-0.1, -0.05) is 65.2 Å². The van der Waals surface area contributed by atoms with Crippen LogP contribution in [0.4, 0.5) is 0 Å². The molecule has 0 fully saturated rings. The Morgan fingerprint density at radius 3 is 1.27 bits per heavy atom. The lowest BCUT2D eigenvalue weighted by molar-refractivity contribution is -0.490. The quantitative estimate of drug-likeness (QED) is 0.0667. The first kappa shape index (κ1) is 32.7. The Hall–Kier alpha value is -0.340. The van der Waals surface area contributed by atoms with Gasteiger partial charge in [0.15, 0.2) is 0 Å². The standard InChI is InChI=1S/C21H44O10S2/c1-5-7-9-11-13-19(28-32(3,24)25)15-17-21(30-22,31-23)18-16-20(29-33(4,26)27)14-12-10-8-6-2/h19-20,22-23H,5-18H2,1-4H3. The van der Waals surface area contributed by atoms with Crippen LogP contribution in [0.25, 0.3) is 0 Å². The number of rotatable bonds is 22. The van der Waals surface area contributed by atoms with E-state index in [1.807, 2.05) is 0 Å². The molecule has 2 unspecified atom stereocenters. The smallest absolute Gasteiger partial charge is 0.264 e. The molecule has 2 atom stereocenters. The van der Waals surface area contributed by atoms with Crippen molar-refractivity contribution in [2.45, 2.75) is 122 Å². The number of unbranched alkanes of at least 4 members (excludes halogenated alkanes) is 6. The average molecular weight is 521 g/mol. The minimum Gasteiger partial charge on any atom is -0.267 e. The first-order chi connectivity index (χ1) is 15.4. The van der Waals surface area contributed by atoms with Gasteiger partial charge in [0.25, 0.3) is 20.2 Å². The van der Waals surface area contributed by atoms with Gasteiger partial charge in [0, 0.05) is 12.8 Å². The maximum Gasteiger partial charge on any atom is 0.264 e. The van der Waals surface area contributed by atoms with Crippen molar-refractivity contribution in [1.29, 1.82) is 0 Å². The molecule has 0 radical (unpaired) electrons. The van der Waals surface area contributed by atoms with Crippen molar-refractivity contribution < 1.29 is 45.5 Å². The van der Waals surface area contributed by atoms with Crippen LogP contribution in [0.1, 0.15) is 104 Å². The molecule has 0 spiro atoms. The van der Waals surface area contributed by atoms with Crippen molar-refractivity contribution in [2.75, 3.05) is 12.5 Å². The van der Waals surface area contributed by atoms with Crippen LogP contribution in [0.15, 0.2) is 0 Å². The Kier molecular flexibility index (Phi) is 17.0.